The van der Waals surface area contributed by atoms with Gasteiger partial charge in [0.15, 0.2) is 0 Å². The molecule has 0 unspecified atom stereocenters. The third kappa shape index (κ3) is 4.28. The molecule has 0 bridgehead atoms. The maximum atomic E-state index is 13.8. The van der Waals surface area contributed by atoms with Gasteiger partial charge in [0.2, 0.25) is 0 Å². The molecule has 7 nitrogen and oxygen atoms in total. The summed E-state index contributed by atoms with van der Waals surface area (Å²) in [5.74, 6) is 0.869. The van der Waals surface area contributed by atoms with Crippen LogP contribution in [0.1, 0.15) is 29.8 Å². The molecule has 1 aromatic heterocycles. The number of imide groups is 1. The molecule has 5 rings (SSSR count). The molecule has 33 heavy (non-hydrogen) atoms. The fourth-order valence-corrected chi connectivity index (χ4v) is 5.04. The summed E-state index contributed by atoms with van der Waals surface area (Å²) in [4.78, 5) is 40.4. The van der Waals surface area contributed by atoms with Crippen LogP contribution in [0, 0.1) is 0 Å². The van der Waals surface area contributed by atoms with Gasteiger partial charge < -0.3 is 9.88 Å². The smallest absolute Gasteiger partial charge is 0.328 e. The average Bonchev–Trinajstić information content (AvgIpc) is 3.43. The summed E-state index contributed by atoms with van der Waals surface area (Å²) < 4.78 is 0. The van der Waals surface area contributed by atoms with Crippen LogP contribution in [0.3, 0.4) is 0 Å². The van der Waals surface area contributed by atoms with Crippen molar-refractivity contribution < 1.29 is 9.59 Å². The molecule has 0 radical (unpaired) electrons. The van der Waals surface area contributed by atoms with E-state index in [1.807, 2.05) is 59.6 Å². The minimum Gasteiger partial charge on any atom is -0.348 e. The van der Waals surface area contributed by atoms with Crippen molar-refractivity contribution >= 4 is 11.9 Å². The zero-order valence-corrected chi connectivity index (χ0v) is 18.7. The van der Waals surface area contributed by atoms with Gasteiger partial charge in [-0.25, -0.2) is 9.78 Å². The first-order valence-electron chi connectivity index (χ1n) is 11.6. The summed E-state index contributed by atoms with van der Waals surface area (Å²) in [7, 11) is 0. The van der Waals surface area contributed by atoms with Crippen molar-refractivity contribution in [1.29, 1.82) is 0 Å². The van der Waals surface area contributed by atoms with Crippen LogP contribution in [0.15, 0.2) is 73.1 Å². The number of imidazole rings is 1. The lowest BCUT2D eigenvalue weighted by atomic mass is 9.85. The number of aromatic amines is 1. The number of hydrogen-bond donors (Lipinski definition) is 1. The van der Waals surface area contributed by atoms with Crippen LogP contribution in [-0.4, -0.2) is 61.8 Å². The van der Waals surface area contributed by atoms with Crippen LogP contribution >= 0.6 is 0 Å². The van der Waals surface area contributed by atoms with E-state index in [1.165, 1.54) is 10.5 Å². The lowest BCUT2D eigenvalue weighted by molar-refractivity contribution is -0.136. The Kier molecular flexibility index (Phi) is 5.96. The Bertz CT molecular complexity index is 1080. The van der Waals surface area contributed by atoms with Crippen LogP contribution < -0.4 is 0 Å². The number of carbonyl (C=O) groups is 2. The molecule has 7 heteroatoms. The van der Waals surface area contributed by atoms with Gasteiger partial charge in [-0.2, -0.15) is 0 Å². The Hall–Kier alpha value is -3.45. The highest BCUT2D eigenvalue weighted by molar-refractivity contribution is 6.07. The first-order valence-corrected chi connectivity index (χ1v) is 11.6. The molecule has 2 fully saturated rings. The third-order valence-electron chi connectivity index (χ3n) is 6.88. The summed E-state index contributed by atoms with van der Waals surface area (Å²) in [5, 5.41) is 0. The Morgan fingerprint density at radius 1 is 0.879 bits per heavy atom. The van der Waals surface area contributed by atoms with Crippen molar-refractivity contribution in [3.8, 4) is 0 Å². The zero-order chi connectivity index (χ0) is 22.7. The highest BCUT2D eigenvalue weighted by Gasteiger charge is 2.57. The second-order valence-corrected chi connectivity index (χ2v) is 8.89. The van der Waals surface area contributed by atoms with Crippen molar-refractivity contribution in [3.05, 3.63) is 90.0 Å². The Morgan fingerprint density at radius 3 is 2.18 bits per heavy atom. The lowest BCUT2D eigenvalue weighted by Crippen LogP contribution is -2.56. The second-order valence-electron chi connectivity index (χ2n) is 8.89. The molecule has 1 spiro atoms. The summed E-state index contributed by atoms with van der Waals surface area (Å²) in [5.41, 5.74) is 1.37. The van der Waals surface area contributed by atoms with E-state index < -0.39 is 5.54 Å². The minimum absolute atomic E-state index is 0.0536. The monoisotopic (exact) mass is 443 g/mol. The van der Waals surface area contributed by atoms with Gasteiger partial charge in [-0.3, -0.25) is 14.6 Å². The molecule has 3 heterocycles. The van der Waals surface area contributed by atoms with E-state index in [9.17, 15) is 9.59 Å². The zero-order valence-electron chi connectivity index (χ0n) is 18.7. The van der Waals surface area contributed by atoms with Crippen molar-refractivity contribution in [2.24, 2.45) is 0 Å². The van der Waals surface area contributed by atoms with Gasteiger partial charge >= 0.3 is 6.03 Å². The number of hydrogen-bond acceptors (Lipinski definition) is 4. The van der Waals surface area contributed by atoms with Gasteiger partial charge in [-0.1, -0.05) is 60.7 Å². The Morgan fingerprint density at radius 2 is 1.55 bits per heavy atom. The number of aromatic nitrogens is 2. The molecule has 0 aliphatic carbocycles. The predicted octanol–water partition coefficient (Wildman–Crippen LogP) is 3.45. The molecular formula is C26H29N5O2. The first kappa shape index (κ1) is 21.4. The number of nitrogens with one attached hydrogen (secondary N) is 1. The highest BCUT2D eigenvalue weighted by atomic mass is 16.2. The van der Waals surface area contributed by atoms with Crippen LogP contribution in [0.5, 0.6) is 0 Å². The van der Waals surface area contributed by atoms with Crippen molar-refractivity contribution in [3.63, 3.8) is 0 Å². The van der Waals surface area contributed by atoms with E-state index in [4.69, 9.17) is 0 Å². The second kappa shape index (κ2) is 9.19. The molecular weight excluding hydrogens is 414 g/mol. The van der Waals surface area contributed by atoms with E-state index in [2.05, 4.69) is 27.0 Å². The Balaban J connectivity index is 1.36. The van der Waals surface area contributed by atoms with Crippen LogP contribution in [0.2, 0.25) is 0 Å². The SMILES string of the molecule is O=C1N(Cc2ccccc2)C(=O)C2(CCN(Cc3ncc[nH]3)CC2)N1CCc1ccccc1. The normalized spacial score (nSPS) is 18.4. The molecule has 2 aliphatic rings. The van der Waals surface area contributed by atoms with Crippen molar-refractivity contribution in [2.75, 3.05) is 19.6 Å². The molecule has 0 saturated carbocycles. The van der Waals surface area contributed by atoms with E-state index in [1.54, 1.807) is 6.20 Å². The van der Waals surface area contributed by atoms with Crippen molar-refractivity contribution in [1.82, 2.24) is 24.7 Å². The molecule has 1 N–H and O–H groups in total. The number of rotatable bonds is 7. The number of carbonyl (C=O) groups excluding carboxylic acids is 2. The highest BCUT2D eigenvalue weighted by Crippen LogP contribution is 2.38. The lowest BCUT2D eigenvalue weighted by Gasteiger charge is -2.42. The fraction of sp³-hybridized carbons (Fsp3) is 0.346. The quantitative estimate of drug-likeness (QED) is 0.568. The molecule has 0 atom stereocenters. The third-order valence-corrected chi connectivity index (χ3v) is 6.88. The maximum absolute atomic E-state index is 13.8. The van der Waals surface area contributed by atoms with Gasteiger partial charge in [0, 0.05) is 32.0 Å². The molecule has 2 aromatic carbocycles. The average molecular weight is 444 g/mol. The number of H-pyrrole nitrogens is 1. The number of urea groups is 1. The molecule has 2 aliphatic heterocycles. The largest absolute Gasteiger partial charge is 0.348 e. The minimum atomic E-state index is -0.764. The molecule has 3 aromatic rings. The van der Waals surface area contributed by atoms with Gasteiger partial charge in [-0.05, 0) is 30.4 Å². The van der Waals surface area contributed by atoms with Gasteiger partial charge in [0.1, 0.15) is 11.4 Å². The topological polar surface area (TPSA) is 72.5 Å². The van der Waals surface area contributed by atoms with E-state index >= 15 is 0 Å². The summed E-state index contributed by atoms with van der Waals surface area (Å²) >= 11 is 0. The molecule has 2 saturated heterocycles. The number of nitrogens with zero attached hydrogens (tertiary/aromatic N) is 4. The standard InChI is InChI=1S/C26H29N5O2/c32-24-26(12-17-29(18-13-26)20-23-27-14-15-28-23)31(16-11-21-7-3-1-4-8-21)25(33)30(24)19-22-9-5-2-6-10-22/h1-10,14-15H,11-13,16-20H2,(H,27,28). The Labute approximate surface area is 194 Å². The summed E-state index contributed by atoms with van der Waals surface area (Å²) in [6, 6.07) is 19.7. The summed E-state index contributed by atoms with van der Waals surface area (Å²) in [6.45, 7) is 3.08. The predicted molar refractivity (Wildman–Crippen MR) is 125 cm³/mol. The molecule has 170 valence electrons. The van der Waals surface area contributed by atoms with Crippen LogP contribution in [0.25, 0.3) is 0 Å². The number of benzene rings is 2. The fourth-order valence-electron chi connectivity index (χ4n) is 5.04. The summed E-state index contributed by atoms with van der Waals surface area (Å²) in [6.07, 6.45) is 5.59. The number of amides is 3. The van der Waals surface area contributed by atoms with Gasteiger partial charge in [-0.15, -0.1) is 0 Å². The van der Waals surface area contributed by atoms with Crippen LogP contribution in [-0.2, 0) is 24.3 Å². The van der Waals surface area contributed by atoms with Gasteiger partial charge in [0.05, 0.1) is 13.1 Å². The number of piperidine rings is 1. The van der Waals surface area contributed by atoms with E-state index in [0.29, 0.717) is 25.9 Å². The maximum Gasteiger partial charge on any atom is 0.328 e. The van der Waals surface area contributed by atoms with E-state index in [-0.39, 0.29) is 11.9 Å². The van der Waals surface area contributed by atoms with Crippen LogP contribution in [0.4, 0.5) is 4.79 Å². The van der Waals surface area contributed by atoms with Gasteiger partial charge in [0.25, 0.3) is 5.91 Å². The number of likely N-dealkylation sites (tertiary alicyclic amines) is 1. The molecule has 3 amide bonds. The first-order chi connectivity index (χ1) is 16.2. The van der Waals surface area contributed by atoms with Crippen molar-refractivity contribution in [2.45, 2.75) is 37.9 Å². The van der Waals surface area contributed by atoms with E-state index in [0.717, 1.165) is 37.4 Å².